The van der Waals surface area contributed by atoms with Crippen LogP contribution in [0.1, 0.15) is 6.42 Å². The number of aliphatic hydroxyl groups is 1. The molecule has 0 saturated heterocycles. The first-order chi connectivity index (χ1) is 8.89. The molecule has 1 N–H and O–H groups in total. The standard InChI is InChI=1S/C10H22N2O6S/c1-11(5-4-10(14)18-3)19(15,16)12(6-8-13)7-9-17-2/h13H,4-9H2,1-3H3. The molecule has 0 heterocycles. The van der Waals surface area contributed by atoms with Gasteiger partial charge in [-0.15, -0.1) is 0 Å². The zero-order valence-electron chi connectivity index (χ0n) is 11.5. The van der Waals surface area contributed by atoms with Crippen molar-refractivity contribution < 1.29 is 27.8 Å². The Morgan fingerprint density at radius 1 is 1.21 bits per heavy atom. The summed E-state index contributed by atoms with van der Waals surface area (Å²) in [6.07, 6.45) is -0.0243. The van der Waals surface area contributed by atoms with Crippen LogP contribution in [0.2, 0.25) is 0 Å². The molecule has 0 aliphatic heterocycles. The minimum Gasteiger partial charge on any atom is -0.469 e. The molecule has 0 atom stereocenters. The first-order valence-electron chi connectivity index (χ1n) is 5.78. The van der Waals surface area contributed by atoms with Crippen molar-refractivity contribution in [1.29, 1.82) is 0 Å². The van der Waals surface area contributed by atoms with Crippen LogP contribution >= 0.6 is 0 Å². The zero-order chi connectivity index (χ0) is 14.9. The highest BCUT2D eigenvalue weighted by Crippen LogP contribution is 2.07. The van der Waals surface area contributed by atoms with Crippen LogP contribution in [0, 0.1) is 0 Å². The van der Waals surface area contributed by atoms with Gasteiger partial charge in [-0.1, -0.05) is 0 Å². The Bertz CT molecular complexity index is 359. The third-order valence-corrected chi connectivity index (χ3v) is 4.46. The van der Waals surface area contributed by atoms with Crippen LogP contribution in [0.15, 0.2) is 0 Å². The molecular weight excluding hydrogens is 276 g/mol. The van der Waals surface area contributed by atoms with Gasteiger partial charge in [0.05, 0.1) is 26.7 Å². The van der Waals surface area contributed by atoms with Crippen LogP contribution in [0.3, 0.4) is 0 Å². The third-order valence-electron chi connectivity index (χ3n) is 2.47. The number of rotatable bonds is 10. The average molecular weight is 298 g/mol. The van der Waals surface area contributed by atoms with Gasteiger partial charge in [0, 0.05) is 33.8 Å². The monoisotopic (exact) mass is 298 g/mol. The number of aliphatic hydroxyl groups excluding tert-OH is 1. The van der Waals surface area contributed by atoms with E-state index in [-0.39, 0.29) is 39.3 Å². The quantitative estimate of drug-likeness (QED) is 0.502. The summed E-state index contributed by atoms with van der Waals surface area (Å²) < 4.78 is 35.8. The summed E-state index contributed by atoms with van der Waals surface area (Å²) >= 11 is 0. The largest absolute Gasteiger partial charge is 0.469 e. The second kappa shape index (κ2) is 9.21. The van der Waals surface area contributed by atoms with Gasteiger partial charge in [0.2, 0.25) is 0 Å². The average Bonchev–Trinajstić information content (AvgIpc) is 2.39. The molecule has 0 aliphatic carbocycles. The molecule has 19 heavy (non-hydrogen) atoms. The fraction of sp³-hybridized carbons (Fsp3) is 0.900. The second-order valence-corrected chi connectivity index (χ2v) is 5.81. The predicted molar refractivity (Wildman–Crippen MR) is 68.7 cm³/mol. The molecule has 0 fully saturated rings. The van der Waals surface area contributed by atoms with E-state index in [2.05, 4.69) is 4.74 Å². The van der Waals surface area contributed by atoms with Gasteiger partial charge in [-0.2, -0.15) is 17.0 Å². The molecule has 0 amide bonds. The minimum atomic E-state index is -3.72. The highest BCUT2D eigenvalue weighted by molar-refractivity contribution is 7.86. The minimum absolute atomic E-state index is 0.0178. The van der Waals surface area contributed by atoms with E-state index in [1.807, 2.05) is 0 Å². The van der Waals surface area contributed by atoms with E-state index in [4.69, 9.17) is 9.84 Å². The van der Waals surface area contributed by atoms with E-state index < -0.39 is 16.2 Å². The van der Waals surface area contributed by atoms with Crippen LogP contribution in [-0.4, -0.2) is 82.2 Å². The van der Waals surface area contributed by atoms with Gasteiger partial charge < -0.3 is 14.6 Å². The van der Waals surface area contributed by atoms with E-state index in [1.54, 1.807) is 0 Å². The van der Waals surface area contributed by atoms with Gasteiger partial charge in [0.25, 0.3) is 10.2 Å². The maximum atomic E-state index is 12.2. The lowest BCUT2D eigenvalue weighted by molar-refractivity contribution is -0.140. The number of carbonyl (C=O) groups excluding carboxylic acids is 1. The van der Waals surface area contributed by atoms with Crippen molar-refractivity contribution in [1.82, 2.24) is 8.61 Å². The lowest BCUT2D eigenvalue weighted by Crippen LogP contribution is -2.45. The maximum absolute atomic E-state index is 12.2. The normalized spacial score (nSPS) is 12.1. The summed E-state index contributed by atoms with van der Waals surface area (Å²) in [5.74, 6) is -0.479. The van der Waals surface area contributed by atoms with E-state index in [0.29, 0.717) is 0 Å². The lowest BCUT2D eigenvalue weighted by Gasteiger charge is -2.26. The smallest absolute Gasteiger partial charge is 0.306 e. The van der Waals surface area contributed by atoms with Gasteiger partial charge >= 0.3 is 5.97 Å². The molecule has 0 saturated carbocycles. The molecule has 0 spiro atoms. The number of esters is 1. The molecule has 0 radical (unpaired) electrons. The Labute approximate surface area is 114 Å². The van der Waals surface area contributed by atoms with Crippen LogP contribution in [0.25, 0.3) is 0 Å². The summed E-state index contributed by atoms with van der Waals surface area (Å²) in [7, 11) is 0.357. The Kier molecular flexibility index (Phi) is 8.85. The van der Waals surface area contributed by atoms with E-state index in [0.717, 1.165) is 8.61 Å². The van der Waals surface area contributed by atoms with Gasteiger partial charge in [-0.25, -0.2) is 0 Å². The van der Waals surface area contributed by atoms with Crippen molar-refractivity contribution in [3.63, 3.8) is 0 Å². The van der Waals surface area contributed by atoms with Gasteiger partial charge in [0.1, 0.15) is 0 Å². The molecule has 0 aromatic heterocycles. The SMILES string of the molecule is COCCN(CCO)S(=O)(=O)N(C)CCC(=O)OC. The highest BCUT2D eigenvalue weighted by Gasteiger charge is 2.26. The van der Waals surface area contributed by atoms with Crippen molar-refractivity contribution in [3.8, 4) is 0 Å². The van der Waals surface area contributed by atoms with Crippen LogP contribution in [0.4, 0.5) is 0 Å². The molecule has 0 bridgehead atoms. The molecule has 0 aliphatic rings. The summed E-state index contributed by atoms with van der Waals surface area (Å²) in [5.41, 5.74) is 0. The fourth-order valence-corrected chi connectivity index (χ4v) is 2.64. The van der Waals surface area contributed by atoms with Crippen LogP contribution in [0.5, 0.6) is 0 Å². The summed E-state index contributed by atoms with van der Waals surface area (Å²) in [5, 5.41) is 8.90. The summed E-state index contributed by atoms with van der Waals surface area (Å²) in [6, 6.07) is 0. The molecule has 0 rings (SSSR count). The molecule has 8 nitrogen and oxygen atoms in total. The molecule has 114 valence electrons. The Hall–Kier alpha value is -0.740. The number of hydrogen-bond donors (Lipinski definition) is 1. The van der Waals surface area contributed by atoms with E-state index in [1.165, 1.54) is 21.3 Å². The summed E-state index contributed by atoms with van der Waals surface area (Å²) in [4.78, 5) is 11.0. The number of carbonyl (C=O) groups is 1. The zero-order valence-corrected chi connectivity index (χ0v) is 12.4. The number of ether oxygens (including phenoxy) is 2. The van der Waals surface area contributed by atoms with Crippen molar-refractivity contribution in [2.24, 2.45) is 0 Å². The second-order valence-electron chi connectivity index (χ2n) is 3.77. The van der Waals surface area contributed by atoms with Gasteiger partial charge in [0.15, 0.2) is 0 Å². The Morgan fingerprint density at radius 2 is 1.84 bits per heavy atom. The van der Waals surface area contributed by atoms with Gasteiger partial charge in [-0.05, 0) is 0 Å². The third kappa shape index (κ3) is 6.30. The number of hydrogen-bond acceptors (Lipinski definition) is 6. The first kappa shape index (κ1) is 18.3. The Balaban J connectivity index is 4.63. The molecule has 9 heteroatoms. The number of methoxy groups -OCH3 is 2. The van der Waals surface area contributed by atoms with Crippen molar-refractivity contribution in [2.75, 3.05) is 54.1 Å². The number of nitrogens with zero attached hydrogens (tertiary/aromatic N) is 2. The van der Waals surface area contributed by atoms with Gasteiger partial charge in [-0.3, -0.25) is 4.79 Å². The molecular formula is C10H22N2O6S. The van der Waals surface area contributed by atoms with E-state index >= 15 is 0 Å². The first-order valence-corrected chi connectivity index (χ1v) is 7.17. The van der Waals surface area contributed by atoms with Crippen molar-refractivity contribution in [3.05, 3.63) is 0 Å². The molecule has 0 aromatic rings. The van der Waals surface area contributed by atoms with E-state index in [9.17, 15) is 13.2 Å². The predicted octanol–water partition coefficient (Wildman–Crippen LogP) is -1.33. The van der Waals surface area contributed by atoms with Crippen molar-refractivity contribution in [2.45, 2.75) is 6.42 Å². The molecule has 0 aromatic carbocycles. The highest BCUT2D eigenvalue weighted by atomic mass is 32.2. The lowest BCUT2D eigenvalue weighted by atomic mass is 10.4. The van der Waals surface area contributed by atoms with Crippen LogP contribution < -0.4 is 0 Å². The molecule has 0 unspecified atom stereocenters. The van der Waals surface area contributed by atoms with Crippen molar-refractivity contribution >= 4 is 16.2 Å². The topological polar surface area (TPSA) is 96.4 Å². The summed E-state index contributed by atoms with van der Waals surface area (Å²) in [6.45, 7) is 0.0813. The maximum Gasteiger partial charge on any atom is 0.306 e. The fourth-order valence-electron chi connectivity index (χ4n) is 1.31. The van der Waals surface area contributed by atoms with Crippen LogP contribution in [-0.2, 0) is 24.5 Å². The Morgan fingerprint density at radius 3 is 2.32 bits per heavy atom.